The molecule has 1 N–H and O–H groups in total. The van der Waals surface area contributed by atoms with E-state index in [1.165, 1.54) is 18.2 Å². The van der Waals surface area contributed by atoms with E-state index in [4.69, 9.17) is 0 Å². The molecule has 2 heterocycles. The maximum atomic E-state index is 14.0. The lowest BCUT2D eigenvalue weighted by atomic mass is 10.1. The van der Waals surface area contributed by atoms with Gasteiger partial charge in [0.15, 0.2) is 0 Å². The van der Waals surface area contributed by atoms with Crippen molar-refractivity contribution in [1.82, 2.24) is 14.3 Å². The van der Waals surface area contributed by atoms with Crippen LogP contribution in [0.4, 0.5) is 17.6 Å². The first-order valence-corrected chi connectivity index (χ1v) is 11.8. The summed E-state index contributed by atoms with van der Waals surface area (Å²) in [6.07, 6.45) is -0.0463. The number of alkyl halides is 3. The Morgan fingerprint density at radius 1 is 1.21 bits per heavy atom. The zero-order valence-corrected chi connectivity index (χ0v) is 18.3. The molecule has 0 spiro atoms. The average molecular weight is 480 g/mol. The van der Waals surface area contributed by atoms with Crippen molar-refractivity contribution in [1.29, 1.82) is 5.26 Å². The van der Waals surface area contributed by atoms with Crippen molar-refractivity contribution < 1.29 is 26.0 Å². The van der Waals surface area contributed by atoms with E-state index in [9.17, 15) is 31.2 Å². The maximum Gasteiger partial charge on any atom is 0.404 e. The number of aromatic nitrogens is 2. The van der Waals surface area contributed by atoms with Gasteiger partial charge in [0, 0.05) is 17.6 Å². The molecule has 0 saturated heterocycles. The van der Waals surface area contributed by atoms with Crippen molar-refractivity contribution in [3.05, 3.63) is 47.9 Å². The number of pyridine rings is 1. The van der Waals surface area contributed by atoms with Crippen LogP contribution in [0.15, 0.2) is 41.4 Å². The lowest BCUT2D eigenvalue weighted by Gasteiger charge is -2.18. The van der Waals surface area contributed by atoms with E-state index < -0.39 is 33.0 Å². The van der Waals surface area contributed by atoms with Gasteiger partial charge in [-0.15, -0.1) is 0 Å². The lowest BCUT2D eigenvalue weighted by molar-refractivity contribution is -0.147. The van der Waals surface area contributed by atoms with Crippen molar-refractivity contribution in [3.63, 3.8) is 0 Å². The fourth-order valence-corrected chi connectivity index (χ4v) is 5.41. The molecule has 4 rings (SSSR count). The average Bonchev–Trinajstić information content (AvgIpc) is 3.38. The molecule has 174 valence electrons. The molecule has 11 heteroatoms. The normalized spacial score (nSPS) is 16.2. The molecule has 1 unspecified atom stereocenters. The largest absolute Gasteiger partial charge is 0.404 e. The Kier molecular flexibility index (Phi) is 5.92. The van der Waals surface area contributed by atoms with Crippen LogP contribution in [0.2, 0.25) is 0 Å². The second-order valence-electron chi connectivity index (χ2n) is 8.07. The van der Waals surface area contributed by atoms with Crippen LogP contribution in [0.1, 0.15) is 44.2 Å². The lowest BCUT2D eigenvalue weighted by Crippen LogP contribution is -2.42. The molecule has 0 aliphatic heterocycles. The van der Waals surface area contributed by atoms with Crippen molar-refractivity contribution in [2.75, 3.05) is 0 Å². The summed E-state index contributed by atoms with van der Waals surface area (Å²) in [4.78, 5) is 3.74. The van der Waals surface area contributed by atoms with Crippen LogP contribution in [-0.2, 0) is 10.0 Å². The van der Waals surface area contributed by atoms with Gasteiger partial charge < -0.3 is 4.57 Å². The molecule has 0 amide bonds. The smallest absolute Gasteiger partial charge is 0.335 e. The van der Waals surface area contributed by atoms with Crippen LogP contribution in [0.5, 0.6) is 0 Å². The highest BCUT2D eigenvalue weighted by molar-refractivity contribution is 7.89. The molecule has 6 nitrogen and oxygen atoms in total. The summed E-state index contributed by atoms with van der Waals surface area (Å²) in [6.45, 7) is 0.706. The maximum absolute atomic E-state index is 14.0. The van der Waals surface area contributed by atoms with E-state index in [1.807, 2.05) is 4.57 Å². The second-order valence-corrected chi connectivity index (χ2v) is 9.78. The standard InChI is InChI=1S/C22H20F4N4O2S/c1-13(22(24,25)26)29-33(31,32)16-7-8-19(28-12-16)21-18(11-27)17-10-14(23)6-9-20(17)30(21)15-4-2-3-5-15/h6-10,12-13,15,29H,2-5H2,1H3. The summed E-state index contributed by atoms with van der Waals surface area (Å²) in [6, 6.07) is 6.60. The summed E-state index contributed by atoms with van der Waals surface area (Å²) < 4.78 is 80.6. The van der Waals surface area contributed by atoms with E-state index in [-0.39, 0.29) is 17.3 Å². The predicted molar refractivity (Wildman–Crippen MR) is 113 cm³/mol. The quantitative estimate of drug-likeness (QED) is 0.517. The Morgan fingerprint density at radius 3 is 2.48 bits per heavy atom. The third-order valence-electron chi connectivity index (χ3n) is 5.88. The minimum absolute atomic E-state index is 0.0644. The zero-order valence-electron chi connectivity index (χ0n) is 17.5. The van der Waals surface area contributed by atoms with Crippen LogP contribution in [-0.4, -0.2) is 30.2 Å². The molecular formula is C22H20F4N4O2S. The number of fused-ring (bicyclic) bond motifs is 1. The van der Waals surface area contributed by atoms with Gasteiger partial charge in [-0.2, -0.15) is 23.2 Å². The fraction of sp³-hybridized carbons (Fsp3) is 0.364. The number of hydrogen-bond acceptors (Lipinski definition) is 4. The molecule has 1 aliphatic carbocycles. The summed E-state index contributed by atoms with van der Waals surface area (Å²) in [5.74, 6) is -0.492. The molecule has 2 aromatic heterocycles. The number of rotatable bonds is 5. The molecule has 0 radical (unpaired) electrons. The van der Waals surface area contributed by atoms with Gasteiger partial charge in [-0.25, -0.2) is 12.8 Å². The molecular weight excluding hydrogens is 460 g/mol. The van der Waals surface area contributed by atoms with Crippen molar-refractivity contribution in [3.8, 4) is 17.5 Å². The Labute approximate surface area is 187 Å². The third kappa shape index (κ3) is 4.32. The first kappa shape index (κ1) is 23.2. The molecule has 1 aliphatic rings. The Balaban J connectivity index is 1.81. The van der Waals surface area contributed by atoms with Gasteiger partial charge >= 0.3 is 6.18 Å². The first-order chi connectivity index (χ1) is 15.5. The Morgan fingerprint density at radius 2 is 1.91 bits per heavy atom. The van der Waals surface area contributed by atoms with E-state index in [2.05, 4.69) is 11.1 Å². The van der Waals surface area contributed by atoms with Crippen LogP contribution >= 0.6 is 0 Å². The summed E-state index contributed by atoms with van der Waals surface area (Å²) in [5, 5.41) is 10.3. The van der Waals surface area contributed by atoms with Crippen molar-refractivity contribution in [2.24, 2.45) is 0 Å². The summed E-state index contributed by atoms with van der Waals surface area (Å²) >= 11 is 0. The van der Waals surface area contributed by atoms with Gasteiger partial charge in [0.2, 0.25) is 10.0 Å². The SMILES string of the molecule is CC(NS(=O)(=O)c1ccc(-c2c(C#N)c3cc(F)ccc3n2C2CCCC2)nc1)C(F)(F)F. The minimum atomic E-state index is -4.74. The monoisotopic (exact) mass is 480 g/mol. The highest BCUT2D eigenvalue weighted by Crippen LogP contribution is 2.41. The molecule has 1 atom stereocenters. The van der Waals surface area contributed by atoms with Gasteiger partial charge in [-0.05, 0) is 50.1 Å². The second kappa shape index (κ2) is 8.43. The fourth-order valence-electron chi connectivity index (χ4n) is 4.24. The Hall–Kier alpha value is -2.97. The van der Waals surface area contributed by atoms with E-state index in [1.54, 1.807) is 10.8 Å². The highest BCUT2D eigenvalue weighted by Gasteiger charge is 2.39. The highest BCUT2D eigenvalue weighted by atomic mass is 32.2. The van der Waals surface area contributed by atoms with Crippen molar-refractivity contribution >= 4 is 20.9 Å². The molecule has 0 bridgehead atoms. The number of nitrogens with zero attached hydrogens (tertiary/aromatic N) is 3. The topological polar surface area (TPSA) is 87.8 Å². The number of benzene rings is 1. The van der Waals surface area contributed by atoms with Crippen LogP contribution in [0.3, 0.4) is 0 Å². The van der Waals surface area contributed by atoms with Crippen LogP contribution in [0.25, 0.3) is 22.3 Å². The van der Waals surface area contributed by atoms with Crippen molar-refractivity contribution in [2.45, 2.75) is 55.8 Å². The van der Waals surface area contributed by atoms with Gasteiger partial charge in [-0.3, -0.25) is 4.98 Å². The van der Waals surface area contributed by atoms with E-state index in [0.29, 0.717) is 23.5 Å². The Bertz CT molecular complexity index is 1340. The number of halogens is 4. The zero-order chi connectivity index (χ0) is 24.0. The number of nitriles is 1. The predicted octanol–water partition coefficient (Wildman–Crippen LogP) is 5.06. The molecule has 33 heavy (non-hydrogen) atoms. The number of sulfonamides is 1. The summed E-state index contributed by atoms with van der Waals surface area (Å²) in [7, 11) is -4.47. The van der Waals surface area contributed by atoms with Gasteiger partial charge in [0.1, 0.15) is 22.8 Å². The van der Waals surface area contributed by atoms with Gasteiger partial charge in [0.25, 0.3) is 0 Å². The van der Waals surface area contributed by atoms with Crippen LogP contribution < -0.4 is 4.72 Å². The third-order valence-corrected chi connectivity index (χ3v) is 7.40. The first-order valence-electron chi connectivity index (χ1n) is 10.3. The van der Waals surface area contributed by atoms with E-state index in [0.717, 1.165) is 37.9 Å². The minimum Gasteiger partial charge on any atom is -0.335 e. The number of nitrogens with one attached hydrogen (secondary N) is 1. The molecule has 3 aromatic rings. The van der Waals surface area contributed by atoms with Crippen LogP contribution in [0, 0.1) is 17.1 Å². The summed E-state index contributed by atoms with van der Waals surface area (Å²) in [5.41, 5.74) is 1.60. The molecule has 1 saturated carbocycles. The number of hydrogen-bond donors (Lipinski definition) is 1. The molecule has 1 fully saturated rings. The molecule has 1 aromatic carbocycles. The van der Waals surface area contributed by atoms with Gasteiger partial charge in [-0.1, -0.05) is 12.8 Å². The van der Waals surface area contributed by atoms with Gasteiger partial charge in [0.05, 0.1) is 22.5 Å². The van der Waals surface area contributed by atoms with E-state index >= 15 is 0 Å².